The van der Waals surface area contributed by atoms with Crippen LogP contribution in [0.25, 0.3) is 0 Å². The van der Waals surface area contributed by atoms with Crippen LogP contribution in [0.15, 0.2) is 18.2 Å². The van der Waals surface area contributed by atoms with Crippen molar-refractivity contribution in [1.29, 1.82) is 0 Å². The Labute approximate surface area is 127 Å². The summed E-state index contributed by atoms with van der Waals surface area (Å²) < 4.78 is 0. The lowest BCUT2D eigenvalue weighted by Crippen LogP contribution is -2.49. The molecule has 0 spiro atoms. The molecular formula is C13H16Cl2N2OS. The van der Waals surface area contributed by atoms with Crippen LogP contribution in [0.5, 0.6) is 0 Å². The number of amides is 1. The molecule has 0 radical (unpaired) electrons. The van der Waals surface area contributed by atoms with E-state index in [-0.39, 0.29) is 11.9 Å². The van der Waals surface area contributed by atoms with Crippen molar-refractivity contribution >= 4 is 40.9 Å². The van der Waals surface area contributed by atoms with Gasteiger partial charge in [0.15, 0.2) is 0 Å². The van der Waals surface area contributed by atoms with Gasteiger partial charge in [0.25, 0.3) is 0 Å². The maximum atomic E-state index is 11.9. The van der Waals surface area contributed by atoms with Gasteiger partial charge in [0, 0.05) is 34.6 Å². The van der Waals surface area contributed by atoms with Gasteiger partial charge in [-0.25, -0.2) is 0 Å². The second-order valence-electron chi connectivity index (χ2n) is 4.36. The van der Waals surface area contributed by atoms with Gasteiger partial charge in [-0.3, -0.25) is 4.79 Å². The first kappa shape index (κ1) is 15.0. The average molecular weight is 319 g/mol. The van der Waals surface area contributed by atoms with Gasteiger partial charge in [0.1, 0.15) is 0 Å². The van der Waals surface area contributed by atoms with E-state index in [1.807, 2.05) is 12.1 Å². The van der Waals surface area contributed by atoms with E-state index in [1.54, 1.807) is 17.8 Å². The third kappa shape index (κ3) is 4.56. The lowest BCUT2D eigenvalue weighted by atomic mass is 10.1. The quantitative estimate of drug-likeness (QED) is 0.895. The minimum absolute atomic E-state index is 0.0669. The molecule has 0 aromatic heterocycles. The fourth-order valence-corrected chi connectivity index (χ4v) is 3.34. The Bertz CT molecular complexity index is 450. The van der Waals surface area contributed by atoms with Gasteiger partial charge in [-0.1, -0.05) is 29.3 Å². The van der Waals surface area contributed by atoms with Gasteiger partial charge in [0.05, 0.1) is 6.04 Å². The number of hydrogen-bond donors (Lipinski definition) is 2. The minimum Gasteiger partial charge on any atom is -0.354 e. The first-order valence-corrected chi connectivity index (χ1v) is 8.10. The number of rotatable bonds is 4. The molecule has 2 N–H and O–H groups in total. The predicted octanol–water partition coefficient (Wildman–Crippen LogP) is 2.36. The number of carbonyl (C=O) groups excluding carboxylic acids is 1. The fraction of sp³-hybridized carbons (Fsp3) is 0.462. The molecular weight excluding hydrogens is 303 g/mol. The Morgan fingerprint density at radius 1 is 1.47 bits per heavy atom. The summed E-state index contributed by atoms with van der Waals surface area (Å²) in [5.41, 5.74) is 0.998. The van der Waals surface area contributed by atoms with Gasteiger partial charge >= 0.3 is 0 Å². The van der Waals surface area contributed by atoms with Crippen LogP contribution in [0.3, 0.4) is 0 Å². The van der Waals surface area contributed by atoms with Crippen LogP contribution in [0.2, 0.25) is 10.0 Å². The number of hydrogen-bond acceptors (Lipinski definition) is 3. The third-order valence-electron chi connectivity index (χ3n) is 2.95. The van der Waals surface area contributed by atoms with Crippen LogP contribution in [0, 0.1) is 0 Å². The zero-order chi connectivity index (χ0) is 13.7. The predicted molar refractivity (Wildman–Crippen MR) is 82.3 cm³/mol. The van der Waals surface area contributed by atoms with Crippen LogP contribution >= 0.6 is 35.0 Å². The molecule has 1 aliphatic rings. The maximum absolute atomic E-state index is 11.9. The summed E-state index contributed by atoms with van der Waals surface area (Å²) in [6, 6.07) is 5.36. The summed E-state index contributed by atoms with van der Waals surface area (Å²) in [7, 11) is 0. The smallest absolute Gasteiger partial charge is 0.238 e. The Kier molecular flexibility index (Phi) is 5.82. The van der Waals surface area contributed by atoms with E-state index in [0.29, 0.717) is 23.0 Å². The summed E-state index contributed by atoms with van der Waals surface area (Å²) in [4.78, 5) is 11.9. The number of halogens is 2. The maximum Gasteiger partial charge on any atom is 0.238 e. The largest absolute Gasteiger partial charge is 0.354 e. The van der Waals surface area contributed by atoms with Crippen molar-refractivity contribution in [2.45, 2.75) is 12.5 Å². The molecule has 1 amide bonds. The number of benzene rings is 1. The van der Waals surface area contributed by atoms with Crippen molar-refractivity contribution in [1.82, 2.24) is 10.6 Å². The lowest BCUT2D eigenvalue weighted by molar-refractivity contribution is -0.122. The molecule has 1 aromatic rings. The number of carbonyl (C=O) groups is 1. The van der Waals surface area contributed by atoms with E-state index in [2.05, 4.69) is 10.6 Å². The standard InChI is InChI=1S/C13H16Cl2N2OS/c14-10-2-1-9(11(15)7-10)3-4-17-13(18)12-8-19-6-5-16-12/h1-2,7,12,16H,3-6,8H2,(H,17,18). The first-order chi connectivity index (χ1) is 9.16. The second-order valence-corrected chi connectivity index (χ2v) is 6.35. The van der Waals surface area contributed by atoms with Gasteiger partial charge in [-0.15, -0.1) is 0 Å². The fourth-order valence-electron chi connectivity index (χ4n) is 1.90. The Morgan fingerprint density at radius 3 is 3.00 bits per heavy atom. The highest BCUT2D eigenvalue weighted by atomic mass is 35.5. The van der Waals surface area contributed by atoms with Crippen molar-refractivity contribution in [2.24, 2.45) is 0 Å². The molecule has 6 heteroatoms. The normalized spacial score (nSPS) is 19.2. The Morgan fingerprint density at radius 2 is 2.32 bits per heavy atom. The summed E-state index contributed by atoms with van der Waals surface area (Å²) in [5.74, 6) is 1.98. The van der Waals surface area contributed by atoms with Crippen molar-refractivity contribution in [2.75, 3.05) is 24.6 Å². The van der Waals surface area contributed by atoms with E-state index in [4.69, 9.17) is 23.2 Å². The van der Waals surface area contributed by atoms with E-state index in [0.717, 1.165) is 23.6 Å². The van der Waals surface area contributed by atoms with Crippen LogP contribution in [-0.2, 0) is 11.2 Å². The van der Waals surface area contributed by atoms with E-state index < -0.39 is 0 Å². The molecule has 0 saturated carbocycles. The van der Waals surface area contributed by atoms with Gasteiger partial charge < -0.3 is 10.6 Å². The first-order valence-electron chi connectivity index (χ1n) is 6.19. The Balaban J connectivity index is 1.78. The summed E-state index contributed by atoms with van der Waals surface area (Å²) in [5, 5.41) is 7.42. The highest BCUT2D eigenvalue weighted by molar-refractivity contribution is 7.99. The molecule has 0 aliphatic carbocycles. The molecule has 1 unspecified atom stereocenters. The van der Waals surface area contributed by atoms with E-state index in [9.17, 15) is 4.79 Å². The highest BCUT2D eigenvalue weighted by Gasteiger charge is 2.20. The highest BCUT2D eigenvalue weighted by Crippen LogP contribution is 2.21. The van der Waals surface area contributed by atoms with Crippen molar-refractivity contribution in [3.63, 3.8) is 0 Å². The molecule has 0 bridgehead atoms. The van der Waals surface area contributed by atoms with Crippen LogP contribution in [-0.4, -0.2) is 36.5 Å². The van der Waals surface area contributed by atoms with Gasteiger partial charge in [0.2, 0.25) is 5.91 Å². The Hall–Kier alpha value is -0.420. The molecule has 104 valence electrons. The van der Waals surface area contributed by atoms with Crippen molar-refractivity contribution in [3.05, 3.63) is 33.8 Å². The lowest BCUT2D eigenvalue weighted by Gasteiger charge is -2.22. The molecule has 1 atom stereocenters. The molecule has 19 heavy (non-hydrogen) atoms. The third-order valence-corrected chi connectivity index (χ3v) is 4.60. The number of thioether (sulfide) groups is 1. The topological polar surface area (TPSA) is 41.1 Å². The van der Waals surface area contributed by atoms with Crippen molar-refractivity contribution in [3.8, 4) is 0 Å². The van der Waals surface area contributed by atoms with Gasteiger partial charge in [-0.05, 0) is 24.1 Å². The van der Waals surface area contributed by atoms with Crippen LogP contribution in [0.1, 0.15) is 5.56 Å². The van der Waals surface area contributed by atoms with Crippen LogP contribution < -0.4 is 10.6 Å². The number of nitrogens with one attached hydrogen (secondary N) is 2. The van der Waals surface area contributed by atoms with E-state index >= 15 is 0 Å². The summed E-state index contributed by atoms with van der Waals surface area (Å²) >= 11 is 13.7. The zero-order valence-electron chi connectivity index (χ0n) is 10.4. The molecule has 1 aliphatic heterocycles. The molecule has 1 saturated heterocycles. The molecule has 2 rings (SSSR count). The van der Waals surface area contributed by atoms with Gasteiger partial charge in [-0.2, -0.15) is 11.8 Å². The second kappa shape index (κ2) is 7.39. The SMILES string of the molecule is O=C(NCCc1ccc(Cl)cc1Cl)C1CSCCN1. The van der Waals surface area contributed by atoms with Crippen molar-refractivity contribution < 1.29 is 4.79 Å². The summed E-state index contributed by atoms with van der Waals surface area (Å²) in [6.07, 6.45) is 0.710. The molecule has 1 heterocycles. The van der Waals surface area contributed by atoms with Crippen LogP contribution in [0.4, 0.5) is 0 Å². The summed E-state index contributed by atoms with van der Waals surface area (Å²) in [6.45, 7) is 1.48. The zero-order valence-corrected chi connectivity index (χ0v) is 12.7. The molecule has 3 nitrogen and oxygen atoms in total. The minimum atomic E-state index is -0.0700. The molecule has 1 fully saturated rings. The monoisotopic (exact) mass is 318 g/mol. The molecule has 1 aromatic carbocycles. The van der Waals surface area contributed by atoms with E-state index in [1.165, 1.54) is 0 Å². The average Bonchev–Trinajstić information content (AvgIpc) is 2.42.